The fourth-order valence-corrected chi connectivity index (χ4v) is 3.57. The zero-order valence-electron chi connectivity index (χ0n) is 15.8. The van der Waals surface area contributed by atoms with Crippen LogP contribution in [0.3, 0.4) is 0 Å². The highest BCUT2D eigenvalue weighted by Crippen LogP contribution is 3.02. The minimum absolute atomic E-state index is 0.0132. The molecule has 12 heteroatoms. The highest BCUT2D eigenvalue weighted by atomic mass is 32.5. The van der Waals surface area contributed by atoms with E-state index >= 15 is 0 Å². The normalized spacial score (nSPS) is 14.6. The molecule has 0 saturated heterocycles. The number of hydrogen-bond donors (Lipinski definition) is 0. The number of benzene rings is 3. The Morgan fingerprint density at radius 1 is 0.688 bits per heavy atom. The van der Waals surface area contributed by atoms with Crippen molar-refractivity contribution in [3.63, 3.8) is 0 Å². The first-order valence-electron chi connectivity index (χ1n) is 8.54. The number of ether oxygens (including phenoxy) is 1. The van der Waals surface area contributed by atoms with Gasteiger partial charge in [0.15, 0.2) is 0 Å². The molecule has 0 heterocycles. The molecule has 0 aliphatic heterocycles. The zero-order chi connectivity index (χ0) is 24.2. The third-order valence-electron chi connectivity index (χ3n) is 4.28. The quantitative estimate of drug-likeness (QED) is 0.325. The van der Waals surface area contributed by atoms with Crippen LogP contribution in [0.2, 0.25) is 0 Å². The van der Waals surface area contributed by atoms with Crippen molar-refractivity contribution in [1.82, 2.24) is 0 Å². The summed E-state index contributed by atoms with van der Waals surface area (Å²) in [6.07, 6.45) is -4.82. The Bertz CT molecular complexity index is 1170. The van der Waals surface area contributed by atoms with E-state index in [1.807, 2.05) is 0 Å². The third kappa shape index (κ3) is 4.95. The molecule has 1 nitrogen and oxygen atoms in total. The molecule has 0 fully saturated rings. The lowest BCUT2D eigenvalue weighted by atomic mass is 10.0. The predicted molar refractivity (Wildman–Crippen MR) is 98.9 cm³/mol. The summed E-state index contributed by atoms with van der Waals surface area (Å²) in [5.41, 5.74) is -0.858. The van der Waals surface area contributed by atoms with E-state index in [-0.39, 0.29) is 17.7 Å². The highest BCUT2D eigenvalue weighted by Gasteiger charge is 2.67. The molecule has 0 aliphatic carbocycles. The number of hydrogen-bond acceptors (Lipinski definition) is 1. The molecule has 3 aromatic carbocycles. The summed E-state index contributed by atoms with van der Waals surface area (Å²) in [5.74, 6) is -7.46. The van der Waals surface area contributed by atoms with Crippen LogP contribution in [0.4, 0.5) is 41.4 Å². The molecule has 0 atom stereocenters. The second kappa shape index (κ2) is 6.80. The summed E-state index contributed by atoms with van der Waals surface area (Å²) in [6.45, 7) is 1.75. The van der Waals surface area contributed by atoms with E-state index in [2.05, 4.69) is 4.74 Å². The lowest BCUT2D eigenvalue weighted by Gasteiger charge is -2.40. The molecule has 0 bridgehead atoms. The molecule has 0 radical (unpaired) electrons. The molecule has 3 aromatic rings. The summed E-state index contributed by atoms with van der Waals surface area (Å²) in [5, 5.41) is 0. The lowest BCUT2D eigenvalue weighted by molar-refractivity contribution is -0.189. The van der Waals surface area contributed by atoms with E-state index in [4.69, 9.17) is 0 Å². The SMILES string of the molecule is Cc1ccc(-c2cc(F)c(C(F)(F)Oc3ccc(S(F)(F)(F)(F)F)c(F)c3)c(F)c2)cc1. The van der Waals surface area contributed by atoms with Crippen molar-refractivity contribution < 1.29 is 46.1 Å². The summed E-state index contributed by atoms with van der Waals surface area (Å²) in [7, 11) is -10.4. The smallest absolute Gasteiger partial charge is 0.429 e. The summed E-state index contributed by atoms with van der Waals surface area (Å²) >= 11 is 0. The maximum absolute atomic E-state index is 14.4. The van der Waals surface area contributed by atoms with E-state index in [0.29, 0.717) is 17.7 Å². The number of rotatable bonds is 5. The van der Waals surface area contributed by atoms with Crippen LogP contribution in [-0.2, 0) is 6.11 Å². The van der Waals surface area contributed by atoms with E-state index < -0.39 is 56.1 Å². The van der Waals surface area contributed by atoms with Crippen molar-refractivity contribution in [2.24, 2.45) is 0 Å². The van der Waals surface area contributed by atoms with Gasteiger partial charge in [0.2, 0.25) is 0 Å². The van der Waals surface area contributed by atoms with Gasteiger partial charge >= 0.3 is 16.3 Å². The largest absolute Gasteiger partial charge is 0.432 e. The van der Waals surface area contributed by atoms with Crippen LogP contribution in [0.5, 0.6) is 5.75 Å². The Balaban J connectivity index is 1.97. The molecule has 0 amide bonds. The first kappa shape index (κ1) is 23.8. The molecule has 0 N–H and O–H groups in total. The molecule has 0 spiro atoms. The highest BCUT2D eigenvalue weighted by molar-refractivity contribution is 8.45. The molecule has 0 unspecified atom stereocenters. The number of alkyl halides is 2. The van der Waals surface area contributed by atoms with Crippen LogP contribution >= 0.6 is 10.2 Å². The first-order valence-corrected chi connectivity index (χ1v) is 10.5. The van der Waals surface area contributed by atoms with Crippen molar-refractivity contribution in [3.8, 4) is 16.9 Å². The summed E-state index contributed by atoms with van der Waals surface area (Å²) in [6, 6.07) is 6.48. The average Bonchev–Trinajstić information content (AvgIpc) is 2.58. The van der Waals surface area contributed by atoms with Gasteiger partial charge in [0.05, 0.1) is 0 Å². The van der Waals surface area contributed by atoms with Gasteiger partial charge < -0.3 is 4.74 Å². The van der Waals surface area contributed by atoms with Gasteiger partial charge in [0, 0.05) is 6.07 Å². The van der Waals surface area contributed by atoms with Crippen LogP contribution in [0.25, 0.3) is 11.1 Å². The van der Waals surface area contributed by atoms with Crippen molar-refractivity contribution in [1.29, 1.82) is 0 Å². The van der Waals surface area contributed by atoms with Crippen molar-refractivity contribution in [2.45, 2.75) is 17.9 Å². The van der Waals surface area contributed by atoms with Gasteiger partial charge in [-0.2, -0.15) is 8.78 Å². The van der Waals surface area contributed by atoms with Crippen LogP contribution in [-0.4, -0.2) is 0 Å². The molecule has 32 heavy (non-hydrogen) atoms. The molecule has 174 valence electrons. The molecular weight excluding hydrogens is 478 g/mol. The fraction of sp³-hybridized carbons (Fsp3) is 0.100. The Morgan fingerprint density at radius 2 is 1.22 bits per heavy atom. The Kier molecular flexibility index (Phi) is 5.05. The van der Waals surface area contributed by atoms with Crippen molar-refractivity contribution in [2.75, 3.05) is 0 Å². The predicted octanol–water partition coefficient (Wildman–Crippen LogP) is 8.87. The summed E-state index contributed by atoms with van der Waals surface area (Å²) < 4.78 is 139. The third-order valence-corrected chi connectivity index (χ3v) is 5.45. The second-order valence-electron chi connectivity index (χ2n) is 6.86. The Labute approximate surface area is 175 Å². The maximum Gasteiger partial charge on any atom is 0.432 e. The van der Waals surface area contributed by atoms with E-state index in [1.165, 1.54) is 12.1 Å². The van der Waals surface area contributed by atoms with Crippen LogP contribution < -0.4 is 4.74 Å². The van der Waals surface area contributed by atoms with Crippen LogP contribution in [0.15, 0.2) is 59.5 Å². The van der Waals surface area contributed by atoms with E-state index in [1.54, 1.807) is 19.1 Å². The Morgan fingerprint density at radius 3 is 1.69 bits per heavy atom. The zero-order valence-corrected chi connectivity index (χ0v) is 16.6. The molecule has 0 aromatic heterocycles. The van der Waals surface area contributed by atoms with Crippen molar-refractivity contribution >= 4 is 10.2 Å². The Hall–Kier alpha value is -2.89. The van der Waals surface area contributed by atoms with Gasteiger partial charge in [0.1, 0.15) is 33.7 Å². The maximum atomic E-state index is 14.4. The second-order valence-corrected chi connectivity index (χ2v) is 9.24. The standard InChI is InChI=1S/C20H12F10OS/c1-11-2-4-12(5-3-11)13-8-16(22)19(17(23)9-13)20(24,25)31-14-6-7-18(15(21)10-14)32(26,27,28,29)30/h2-10H,1H3. The first-order chi connectivity index (χ1) is 14.4. The molecule has 0 aliphatic rings. The van der Waals surface area contributed by atoms with Gasteiger partial charge in [0.25, 0.3) is 0 Å². The van der Waals surface area contributed by atoms with Crippen molar-refractivity contribution in [3.05, 3.63) is 83.2 Å². The van der Waals surface area contributed by atoms with Gasteiger partial charge in [-0.3, -0.25) is 0 Å². The minimum Gasteiger partial charge on any atom is -0.429 e. The average molecular weight is 490 g/mol. The number of halogens is 10. The van der Waals surface area contributed by atoms with Crippen LogP contribution in [0, 0.1) is 24.4 Å². The van der Waals surface area contributed by atoms with Gasteiger partial charge in [-0.25, -0.2) is 13.2 Å². The number of aryl methyl sites for hydroxylation is 1. The van der Waals surface area contributed by atoms with E-state index in [9.17, 15) is 41.4 Å². The van der Waals surface area contributed by atoms with Gasteiger partial charge in [-0.15, -0.1) is 0 Å². The lowest BCUT2D eigenvalue weighted by Crippen LogP contribution is -2.25. The topological polar surface area (TPSA) is 9.23 Å². The monoisotopic (exact) mass is 490 g/mol. The minimum atomic E-state index is -10.4. The molecular formula is C20H12F10OS. The van der Waals surface area contributed by atoms with E-state index in [0.717, 1.165) is 5.56 Å². The molecule has 3 rings (SSSR count). The van der Waals surface area contributed by atoms with Crippen LogP contribution in [0.1, 0.15) is 11.1 Å². The summed E-state index contributed by atoms with van der Waals surface area (Å²) in [4.78, 5) is -2.94. The van der Waals surface area contributed by atoms with Gasteiger partial charge in [-0.05, 0) is 42.3 Å². The van der Waals surface area contributed by atoms with Gasteiger partial charge in [-0.1, -0.05) is 49.3 Å². The fourth-order valence-electron chi connectivity index (χ4n) is 2.82. The molecule has 0 saturated carbocycles.